The third kappa shape index (κ3) is 3.37. The zero-order valence-corrected chi connectivity index (χ0v) is 16.4. The molecule has 0 aliphatic carbocycles. The predicted molar refractivity (Wildman–Crippen MR) is 110 cm³/mol. The Labute approximate surface area is 173 Å². The lowest BCUT2D eigenvalue weighted by Crippen LogP contribution is -2.37. The van der Waals surface area contributed by atoms with Gasteiger partial charge in [-0.3, -0.25) is 14.4 Å². The highest BCUT2D eigenvalue weighted by Crippen LogP contribution is 2.29. The number of hydrogen-bond donors (Lipinski definition) is 1. The summed E-state index contributed by atoms with van der Waals surface area (Å²) in [7, 11) is -4.10. The summed E-state index contributed by atoms with van der Waals surface area (Å²) in [6.45, 7) is -0.691. The smallest absolute Gasteiger partial charge is 0.269 e. The van der Waals surface area contributed by atoms with Crippen LogP contribution in [0.5, 0.6) is 0 Å². The first-order valence-corrected chi connectivity index (χ1v) is 10.5. The van der Waals surface area contributed by atoms with Crippen molar-refractivity contribution in [3.8, 4) is 0 Å². The fraction of sp³-hybridized carbons (Fsp3) is 0.0455. The Morgan fingerprint density at radius 1 is 0.833 bits per heavy atom. The molecule has 0 saturated heterocycles. The molecule has 1 aliphatic rings. The van der Waals surface area contributed by atoms with Crippen LogP contribution >= 0.6 is 0 Å². The summed E-state index contributed by atoms with van der Waals surface area (Å²) in [5.74, 6) is -1.77. The van der Waals surface area contributed by atoms with Gasteiger partial charge in [-0.1, -0.05) is 54.6 Å². The van der Waals surface area contributed by atoms with E-state index in [9.17, 15) is 22.8 Å². The van der Waals surface area contributed by atoms with Gasteiger partial charge in [0, 0.05) is 11.1 Å². The first-order valence-electron chi connectivity index (χ1n) is 9.04. The first kappa shape index (κ1) is 19.5. The van der Waals surface area contributed by atoms with E-state index in [1.165, 1.54) is 18.2 Å². The van der Waals surface area contributed by atoms with Gasteiger partial charge in [-0.05, 0) is 24.3 Å². The first-order chi connectivity index (χ1) is 14.4. The lowest BCUT2D eigenvalue weighted by Gasteiger charge is -2.16. The number of carbonyl (C=O) groups excluding carboxylic acids is 3. The Balaban J connectivity index is 1.57. The van der Waals surface area contributed by atoms with Crippen molar-refractivity contribution in [1.82, 2.24) is 4.31 Å². The van der Waals surface area contributed by atoms with Crippen LogP contribution in [0.1, 0.15) is 26.3 Å². The summed E-state index contributed by atoms with van der Waals surface area (Å²) >= 11 is 0. The summed E-state index contributed by atoms with van der Waals surface area (Å²) in [4.78, 5) is 37.7. The standard InChI is InChI=1S/C22H16N2O5S/c25-20(14-24-22(27)17-11-5-7-13-19(17)30(24,28)29)23-18-12-6-4-10-16(18)21(26)15-8-2-1-3-9-15/h1-13H,14H2,(H,23,25). The number of benzene rings is 3. The Bertz CT molecular complexity index is 1270. The van der Waals surface area contributed by atoms with Crippen molar-refractivity contribution >= 4 is 33.3 Å². The summed E-state index contributed by atoms with van der Waals surface area (Å²) in [5, 5.41) is 2.56. The minimum Gasteiger partial charge on any atom is -0.324 e. The number of amides is 2. The predicted octanol–water partition coefficient (Wildman–Crippen LogP) is 2.70. The van der Waals surface area contributed by atoms with Crippen LogP contribution in [0.4, 0.5) is 5.69 Å². The molecule has 0 atom stereocenters. The monoisotopic (exact) mass is 420 g/mol. The van der Waals surface area contributed by atoms with Crippen LogP contribution in [0.2, 0.25) is 0 Å². The van der Waals surface area contributed by atoms with Gasteiger partial charge in [0.05, 0.1) is 11.3 Å². The summed E-state index contributed by atoms with van der Waals surface area (Å²) < 4.78 is 25.8. The van der Waals surface area contributed by atoms with E-state index in [0.717, 1.165) is 0 Å². The number of ketones is 1. The van der Waals surface area contributed by atoms with Crippen LogP contribution in [0.15, 0.2) is 83.8 Å². The zero-order chi connectivity index (χ0) is 21.3. The third-order valence-corrected chi connectivity index (χ3v) is 6.47. The molecule has 7 nitrogen and oxygen atoms in total. The van der Waals surface area contributed by atoms with E-state index in [1.807, 2.05) is 0 Å². The molecule has 0 aromatic heterocycles. The second-order valence-corrected chi connectivity index (χ2v) is 8.43. The van der Waals surface area contributed by atoms with E-state index in [0.29, 0.717) is 9.87 Å². The third-order valence-electron chi connectivity index (χ3n) is 4.68. The second kappa shape index (κ2) is 7.57. The van der Waals surface area contributed by atoms with Crippen LogP contribution in [0, 0.1) is 0 Å². The number of rotatable bonds is 5. The molecule has 3 aromatic carbocycles. The molecule has 0 fully saturated rings. The number of hydrogen-bond acceptors (Lipinski definition) is 5. The quantitative estimate of drug-likeness (QED) is 0.640. The van der Waals surface area contributed by atoms with Crippen LogP contribution in [-0.4, -0.2) is 36.9 Å². The van der Waals surface area contributed by atoms with Gasteiger partial charge in [0.1, 0.15) is 11.4 Å². The van der Waals surface area contributed by atoms with Crippen molar-refractivity contribution in [2.24, 2.45) is 0 Å². The van der Waals surface area contributed by atoms with E-state index < -0.39 is 28.4 Å². The molecule has 1 N–H and O–H groups in total. The van der Waals surface area contributed by atoms with E-state index in [2.05, 4.69) is 5.32 Å². The number of para-hydroxylation sites is 1. The molecule has 150 valence electrons. The number of sulfonamides is 1. The molecule has 1 heterocycles. The zero-order valence-electron chi connectivity index (χ0n) is 15.6. The molecule has 1 aliphatic heterocycles. The molecule has 8 heteroatoms. The molecular weight excluding hydrogens is 404 g/mol. The van der Waals surface area contributed by atoms with Crippen LogP contribution in [0.3, 0.4) is 0 Å². The van der Waals surface area contributed by atoms with Crippen LogP contribution in [0.25, 0.3) is 0 Å². The van der Waals surface area contributed by atoms with Crippen molar-refractivity contribution in [1.29, 1.82) is 0 Å². The molecule has 0 radical (unpaired) electrons. The topological polar surface area (TPSA) is 101 Å². The van der Waals surface area contributed by atoms with E-state index in [4.69, 9.17) is 0 Å². The highest BCUT2D eigenvalue weighted by atomic mass is 32.2. The molecular formula is C22H16N2O5S. The average molecular weight is 420 g/mol. The maximum Gasteiger partial charge on any atom is 0.269 e. The maximum atomic E-state index is 12.8. The molecule has 0 spiro atoms. The Hall–Kier alpha value is -3.78. The molecule has 4 rings (SSSR count). The molecule has 3 aromatic rings. The Kier molecular flexibility index (Phi) is 4.93. The maximum absolute atomic E-state index is 12.8. The number of fused-ring (bicyclic) bond motifs is 1. The van der Waals surface area contributed by atoms with Gasteiger partial charge in [-0.2, -0.15) is 0 Å². The van der Waals surface area contributed by atoms with Gasteiger partial charge < -0.3 is 5.32 Å². The van der Waals surface area contributed by atoms with Crippen molar-refractivity contribution in [2.75, 3.05) is 11.9 Å². The van der Waals surface area contributed by atoms with Crippen molar-refractivity contribution < 1.29 is 22.8 Å². The molecule has 0 saturated carbocycles. The van der Waals surface area contributed by atoms with Gasteiger partial charge in [0.2, 0.25) is 5.91 Å². The lowest BCUT2D eigenvalue weighted by atomic mass is 10.0. The number of nitrogens with one attached hydrogen (secondary N) is 1. The minimum atomic E-state index is -4.10. The highest BCUT2D eigenvalue weighted by Gasteiger charge is 2.41. The second-order valence-electron chi connectivity index (χ2n) is 6.60. The fourth-order valence-corrected chi connectivity index (χ4v) is 4.77. The Morgan fingerprint density at radius 2 is 1.47 bits per heavy atom. The fourth-order valence-electron chi connectivity index (χ4n) is 3.24. The van der Waals surface area contributed by atoms with Gasteiger partial charge >= 0.3 is 0 Å². The minimum absolute atomic E-state index is 0.0324. The van der Waals surface area contributed by atoms with Crippen LogP contribution < -0.4 is 5.32 Å². The van der Waals surface area contributed by atoms with Gasteiger partial charge in [0.25, 0.3) is 15.9 Å². The average Bonchev–Trinajstić information content (AvgIpc) is 2.95. The van der Waals surface area contributed by atoms with Gasteiger partial charge in [-0.15, -0.1) is 0 Å². The normalized spacial score (nSPS) is 14.3. The summed E-state index contributed by atoms with van der Waals surface area (Å²) in [5.41, 5.74) is 0.978. The molecule has 2 amide bonds. The Morgan fingerprint density at radius 3 is 2.20 bits per heavy atom. The lowest BCUT2D eigenvalue weighted by molar-refractivity contribution is -0.116. The number of anilines is 1. The van der Waals surface area contributed by atoms with Gasteiger partial charge in [0.15, 0.2) is 5.78 Å². The summed E-state index contributed by atoms with van der Waals surface area (Å²) in [6.07, 6.45) is 0. The van der Waals surface area contributed by atoms with E-state index in [1.54, 1.807) is 60.7 Å². The van der Waals surface area contributed by atoms with E-state index in [-0.39, 0.29) is 27.5 Å². The number of nitrogens with zero attached hydrogens (tertiary/aromatic N) is 1. The van der Waals surface area contributed by atoms with Crippen molar-refractivity contribution in [3.63, 3.8) is 0 Å². The van der Waals surface area contributed by atoms with Crippen LogP contribution in [-0.2, 0) is 14.8 Å². The number of carbonyl (C=O) groups is 3. The molecule has 0 unspecified atom stereocenters. The highest BCUT2D eigenvalue weighted by molar-refractivity contribution is 7.90. The van der Waals surface area contributed by atoms with Crippen molar-refractivity contribution in [2.45, 2.75) is 4.90 Å². The summed E-state index contributed by atoms with van der Waals surface area (Å²) in [6, 6.07) is 20.8. The van der Waals surface area contributed by atoms with Gasteiger partial charge in [-0.25, -0.2) is 12.7 Å². The van der Waals surface area contributed by atoms with E-state index >= 15 is 0 Å². The largest absolute Gasteiger partial charge is 0.324 e. The van der Waals surface area contributed by atoms with Crippen molar-refractivity contribution in [3.05, 3.63) is 95.6 Å². The SMILES string of the molecule is O=C(CN1C(=O)c2ccccc2S1(=O)=O)Nc1ccccc1C(=O)c1ccccc1. The molecule has 0 bridgehead atoms. The molecule has 30 heavy (non-hydrogen) atoms.